The molecule has 0 atom stereocenters. The van der Waals surface area contributed by atoms with Crippen LogP contribution in [0, 0.1) is 6.92 Å². The van der Waals surface area contributed by atoms with Gasteiger partial charge in [-0.1, -0.05) is 19.1 Å². The van der Waals surface area contributed by atoms with Crippen molar-refractivity contribution in [3.63, 3.8) is 0 Å². The van der Waals surface area contributed by atoms with Crippen molar-refractivity contribution in [1.29, 1.82) is 0 Å². The van der Waals surface area contributed by atoms with E-state index in [2.05, 4.69) is 31.0 Å². The first-order valence-corrected chi connectivity index (χ1v) is 8.67. The van der Waals surface area contributed by atoms with Crippen molar-refractivity contribution in [3.05, 3.63) is 48.0 Å². The summed E-state index contributed by atoms with van der Waals surface area (Å²) < 4.78 is 8.00. The zero-order valence-electron chi connectivity index (χ0n) is 14.4. The highest BCUT2D eigenvalue weighted by Gasteiger charge is 2.24. The molecule has 3 rings (SSSR count). The number of aryl methyl sites for hydroxylation is 2. The van der Waals surface area contributed by atoms with E-state index in [1.54, 1.807) is 6.20 Å². The number of benzene rings is 1. The lowest BCUT2D eigenvalue weighted by molar-refractivity contribution is -0.133. The van der Waals surface area contributed by atoms with Crippen LogP contribution in [0.25, 0.3) is 0 Å². The fraction of sp³-hybridized carbons (Fsp3) is 0.474. The van der Waals surface area contributed by atoms with Gasteiger partial charge in [0.05, 0.1) is 0 Å². The summed E-state index contributed by atoms with van der Waals surface area (Å²) in [7, 11) is 0. The summed E-state index contributed by atoms with van der Waals surface area (Å²) in [6, 6.07) is 8.13. The lowest BCUT2D eigenvalue weighted by Crippen LogP contribution is -2.43. The minimum Gasteiger partial charge on any atom is -0.490 e. The monoisotopic (exact) mass is 327 g/mol. The van der Waals surface area contributed by atoms with Gasteiger partial charge in [-0.25, -0.2) is 4.98 Å². The largest absolute Gasteiger partial charge is 0.490 e. The van der Waals surface area contributed by atoms with E-state index in [1.807, 2.05) is 27.8 Å². The van der Waals surface area contributed by atoms with Crippen LogP contribution in [0.15, 0.2) is 36.7 Å². The number of rotatable bonds is 5. The molecule has 5 nitrogen and oxygen atoms in total. The number of carbonyl (C=O) groups is 1. The molecule has 0 N–H and O–H groups in total. The zero-order valence-corrected chi connectivity index (χ0v) is 14.4. The Bertz CT molecular complexity index is 687. The van der Waals surface area contributed by atoms with Crippen molar-refractivity contribution in [3.8, 4) is 5.75 Å². The highest BCUT2D eigenvalue weighted by atomic mass is 16.5. The Morgan fingerprint density at radius 2 is 2.12 bits per heavy atom. The minimum atomic E-state index is 0.164. The maximum Gasteiger partial charge on any atom is 0.242 e. The van der Waals surface area contributed by atoms with E-state index in [0.717, 1.165) is 43.9 Å². The Morgan fingerprint density at radius 3 is 2.83 bits per heavy atom. The van der Waals surface area contributed by atoms with Crippen LogP contribution in [0.3, 0.4) is 0 Å². The van der Waals surface area contributed by atoms with Gasteiger partial charge in [0.1, 0.15) is 24.2 Å². The van der Waals surface area contributed by atoms with Crippen LogP contribution in [0.2, 0.25) is 0 Å². The van der Waals surface area contributed by atoms with Gasteiger partial charge in [-0.2, -0.15) is 0 Å². The minimum absolute atomic E-state index is 0.164. The molecule has 0 radical (unpaired) electrons. The molecule has 128 valence electrons. The lowest BCUT2D eigenvalue weighted by Gasteiger charge is -2.32. The molecule has 1 aromatic heterocycles. The van der Waals surface area contributed by atoms with E-state index < -0.39 is 0 Å². The molecule has 1 aliphatic rings. The second kappa shape index (κ2) is 7.51. The highest BCUT2D eigenvalue weighted by Crippen LogP contribution is 2.20. The first-order valence-electron chi connectivity index (χ1n) is 8.67. The van der Waals surface area contributed by atoms with Gasteiger partial charge in [-0.15, -0.1) is 0 Å². The second-order valence-electron chi connectivity index (χ2n) is 6.34. The second-order valence-corrected chi connectivity index (χ2v) is 6.34. The Kier molecular flexibility index (Phi) is 5.18. The molecular weight excluding hydrogens is 302 g/mol. The smallest absolute Gasteiger partial charge is 0.242 e. The summed E-state index contributed by atoms with van der Waals surface area (Å²) >= 11 is 0. The van der Waals surface area contributed by atoms with E-state index in [4.69, 9.17) is 4.74 Å². The Morgan fingerprint density at radius 1 is 1.33 bits per heavy atom. The number of aromatic nitrogens is 2. The molecular formula is C19H25N3O2. The third-order valence-corrected chi connectivity index (χ3v) is 4.51. The fourth-order valence-electron chi connectivity index (χ4n) is 3.15. The number of likely N-dealkylation sites (tertiary alicyclic amines) is 1. The van der Waals surface area contributed by atoms with Gasteiger partial charge in [0.25, 0.3) is 0 Å². The summed E-state index contributed by atoms with van der Waals surface area (Å²) in [5.74, 6) is 2.04. The van der Waals surface area contributed by atoms with Crippen molar-refractivity contribution in [2.75, 3.05) is 13.1 Å². The molecule has 1 aromatic carbocycles. The molecule has 1 saturated heterocycles. The lowest BCUT2D eigenvalue weighted by atomic mass is 10.1. The number of amides is 1. The van der Waals surface area contributed by atoms with E-state index in [-0.39, 0.29) is 12.0 Å². The molecule has 24 heavy (non-hydrogen) atoms. The number of piperidine rings is 1. The van der Waals surface area contributed by atoms with Crippen LogP contribution < -0.4 is 4.74 Å². The van der Waals surface area contributed by atoms with Crippen LogP contribution in [0.1, 0.15) is 31.2 Å². The molecule has 0 spiro atoms. The van der Waals surface area contributed by atoms with Gasteiger partial charge in [0.15, 0.2) is 0 Å². The molecule has 2 heterocycles. The summed E-state index contributed by atoms with van der Waals surface area (Å²) in [5.41, 5.74) is 1.20. The predicted octanol–water partition coefficient (Wildman–Crippen LogP) is 2.82. The summed E-state index contributed by atoms with van der Waals surface area (Å²) in [6.07, 6.45) is 6.43. The van der Waals surface area contributed by atoms with Crippen LogP contribution in [0.4, 0.5) is 0 Å². The van der Waals surface area contributed by atoms with Gasteiger partial charge in [-0.3, -0.25) is 4.79 Å². The normalized spacial score (nSPS) is 15.5. The number of hydrogen-bond donors (Lipinski definition) is 0. The van der Waals surface area contributed by atoms with Crippen LogP contribution in [0.5, 0.6) is 5.75 Å². The number of imidazole rings is 1. The third-order valence-electron chi connectivity index (χ3n) is 4.51. The topological polar surface area (TPSA) is 47.4 Å². The number of ether oxygens (including phenoxy) is 1. The molecule has 2 aromatic rings. The average molecular weight is 327 g/mol. The maximum atomic E-state index is 12.5. The number of hydrogen-bond acceptors (Lipinski definition) is 3. The van der Waals surface area contributed by atoms with E-state index in [1.165, 1.54) is 5.56 Å². The number of nitrogens with zero attached hydrogens (tertiary/aromatic N) is 3. The molecule has 0 saturated carbocycles. The van der Waals surface area contributed by atoms with E-state index in [9.17, 15) is 4.79 Å². The van der Waals surface area contributed by atoms with Crippen LogP contribution >= 0.6 is 0 Å². The zero-order chi connectivity index (χ0) is 16.9. The molecule has 1 fully saturated rings. The van der Waals surface area contributed by atoms with Crippen LogP contribution in [-0.2, 0) is 17.8 Å². The van der Waals surface area contributed by atoms with Crippen molar-refractivity contribution < 1.29 is 9.53 Å². The third kappa shape index (κ3) is 3.96. The summed E-state index contributed by atoms with van der Waals surface area (Å²) in [6.45, 7) is 6.01. The molecule has 1 aliphatic heterocycles. The summed E-state index contributed by atoms with van der Waals surface area (Å²) in [5, 5.41) is 0. The molecule has 0 bridgehead atoms. The number of carbonyl (C=O) groups excluding carboxylic acids is 1. The van der Waals surface area contributed by atoms with Crippen molar-refractivity contribution in [2.45, 2.75) is 45.8 Å². The predicted molar refractivity (Wildman–Crippen MR) is 93.0 cm³/mol. The van der Waals surface area contributed by atoms with Gasteiger partial charge in [-0.05, 0) is 24.6 Å². The Labute approximate surface area is 143 Å². The van der Waals surface area contributed by atoms with Crippen molar-refractivity contribution in [1.82, 2.24) is 14.5 Å². The first-order chi connectivity index (χ1) is 11.7. The van der Waals surface area contributed by atoms with E-state index >= 15 is 0 Å². The van der Waals surface area contributed by atoms with Crippen LogP contribution in [-0.4, -0.2) is 39.6 Å². The van der Waals surface area contributed by atoms with Gasteiger partial charge < -0.3 is 14.2 Å². The Hall–Kier alpha value is -2.30. The molecule has 0 unspecified atom stereocenters. The fourth-order valence-corrected chi connectivity index (χ4v) is 3.15. The molecule has 0 aliphatic carbocycles. The Balaban J connectivity index is 1.50. The average Bonchev–Trinajstić information content (AvgIpc) is 3.02. The highest BCUT2D eigenvalue weighted by molar-refractivity contribution is 5.76. The molecule has 1 amide bonds. The SMILES string of the molecule is CCc1nccn1CC(=O)N1CCC(Oc2cccc(C)c2)CC1. The van der Waals surface area contributed by atoms with Crippen molar-refractivity contribution in [2.24, 2.45) is 0 Å². The van der Waals surface area contributed by atoms with E-state index in [0.29, 0.717) is 6.54 Å². The summed E-state index contributed by atoms with van der Waals surface area (Å²) in [4.78, 5) is 18.7. The first kappa shape index (κ1) is 16.6. The van der Waals surface area contributed by atoms with Gasteiger partial charge >= 0.3 is 0 Å². The van der Waals surface area contributed by atoms with Gasteiger partial charge in [0, 0.05) is 44.7 Å². The standard InChI is InChI=1S/C19H25N3O2/c1-3-18-20-9-12-22(18)14-19(23)21-10-7-16(8-11-21)24-17-6-4-5-15(2)13-17/h4-6,9,12-13,16H,3,7-8,10-11,14H2,1-2H3. The molecule has 5 heteroatoms. The quantitative estimate of drug-likeness (QED) is 0.848. The van der Waals surface area contributed by atoms with Crippen molar-refractivity contribution >= 4 is 5.91 Å². The van der Waals surface area contributed by atoms with Gasteiger partial charge in [0.2, 0.25) is 5.91 Å². The maximum absolute atomic E-state index is 12.5.